The van der Waals surface area contributed by atoms with Gasteiger partial charge in [0, 0.05) is 55.7 Å². The summed E-state index contributed by atoms with van der Waals surface area (Å²) in [4.78, 5) is 2.56. The zero-order chi connectivity index (χ0) is 33.5. The van der Waals surface area contributed by atoms with Crippen LogP contribution in [-0.4, -0.2) is 15.2 Å². The monoisotopic (exact) mass is 651 g/mol. The van der Waals surface area contributed by atoms with Crippen LogP contribution in [-0.2, 0) is 0 Å². The Morgan fingerprint density at radius 3 is 1.82 bits per heavy atom. The van der Waals surface area contributed by atoms with Gasteiger partial charge in [-0.2, -0.15) is 0 Å². The van der Waals surface area contributed by atoms with Gasteiger partial charge in [0.2, 0.25) is 0 Å². The van der Waals surface area contributed by atoms with Crippen LogP contribution in [0, 0.1) is 0 Å². The smallest absolute Gasteiger partial charge is 0.0641 e. The number of para-hydroxylation sites is 6. The van der Waals surface area contributed by atoms with Crippen molar-refractivity contribution in [1.29, 1.82) is 0 Å². The third kappa shape index (κ3) is 4.00. The van der Waals surface area contributed by atoms with Crippen molar-refractivity contribution in [3.8, 4) is 22.5 Å². The molecule has 240 valence electrons. The molecule has 1 aliphatic carbocycles. The minimum atomic E-state index is 0.220. The molecule has 2 aliphatic rings. The molecule has 3 heteroatoms. The maximum atomic E-state index is 2.56. The Labute approximate surface area is 296 Å². The van der Waals surface area contributed by atoms with Gasteiger partial charge in [-0.3, -0.25) is 0 Å². The molecule has 3 nitrogen and oxygen atoms in total. The summed E-state index contributed by atoms with van der Waals surface area (Å²) < 4.78 is 4.95. The first-order valence-corrected chi connectivity index (χ1v) is 17.8. The van der Waals surface area contributed by atoms with Crippen LogP contribution in [0.5, 0.6) is 0 Å². The number of anilines is 2. The first-order valence-electron chi connectivity index (χ1n) is 17.8. The molecule has 0 bridgehead atoms. The molecule has 1 aliphatic heterocycles. The first kappa shape index (κ1) is 28.3. The van der Waals surface area contributed by atoms with Crippen molar-refractivity contribution in [3.05, 3.63) is 194 Å². The Morgan fingerprint density at radius 2 is 1.00 bits per heavy atom. The highest BCUT2D eigenvalue weighted by atomic mass is 15.2. The normalized spacial score (nSPS) is 16.4. The number of rotatable bonds is 4. The van der Waals surface area contributed by atoms with Crippen molar-refractivity contribution in [1.82, 2.24) is 9.13 Å². The molecule has 0 amide bonds. The van der Waals surface area contributed by atoms with E-state index < -0.39 is 0 Å². The van der Waals surface area contributed by atoms with Gasteiger partial charge in [-0.15, -0.1) is 0 Å². The fourth-order valence-corrected chi connectivity index (χ4v) is 8.99. The van der Waals surface area contributed by atoms with Gasteiger partial charge in [0.05, 0.1) is 33.8 Å². The Bertz CT molecular complexity index is 2890. The van der Waals surface area contributed by atoms with Gasteiger partial charge < -0.3 is 14.0 Å². The second kappa shape index (κ2) is 11.0. The highest BCUT2D eigenvalue weighted by molar-refractivity contribution is 6.26. The topological polar surface area (TPSA) is 13.1 Å². The maximum absolute atomic E-state index is 2.56. The van der Waals surface area contributed by atoms with Crippen molar-refractivity contribution in [2.24, 2.45) is 0 Å². The molecule has 7 aromatic carbocycles. The van der Waals surface area contributed by atoms with E-state index >= 15 is 0 Å². The number of nitrogens with zero attached hydrogens (tertiary/aromatic N) is 3. The molecule has 51 heavy (non-hydrogen) atoms. The predicted octanol–water partition coefficient (Wildman–Crippen LogP) is 12.3. The number of benzene rings is 7. The van der Waals surface area contributed by atoms with Crippen LogP contribution in [0.3, 0.4) is 0 Å². The van der Waals surface area contributed by atoms with Gasteiger partial charge in [0.25, 0.3) is 0 Å². The zero-order valence-corrected chi connectivity index (χ0v) is 27.9. The molecule has 3 heterocycles. The van der Waals surface area contributed by atoms with Crippen LogP contribution in [0.4, 0.5) is 11.4 Å². The average Bonchev–Trinajstić information content (AvgIpc) is 3.84. The second-order valence-electron chi connectivity index (χ2n) is 13.6. The van der Waals surface area contributed by atoms with Gasteiger partial charge in [0.1, 0.15) is 0 Å². The van der Waals surface area contributed by atoms with Crippen LogP contribution >= 0.6 is 0 Å². The Hall–Kier alpha value is -6.58. The van der Waals surface area contributed by atoms with Crippen LogP contribution in [0.25, 0.3) is 66.1 Å². The maximum Gasteiger partial charge on any atom is 0.0641 e. The van der Waals surface area contributed by atoms with Crippen LogP contribution in [0.2, 0.25) is 0 Å². The summed E-state index contributed by atoms with van der Waals surface area (Å²) in [5.41, 5.74) is 13.5. The molecule has 0 N–H and O–H groups in total. The molecule has 2 atom stereocenters. The van der Waals surface area contributed by atoms with Crippen LogP contribution in [0.1, 0.15) is 11.5 Å². The quantitative estimate of drug-likeness (QED) is 0.185. The lowest BCUT2D eigenvalue weighted by molar-refractivity contribution is 0.745. The molecule has 9 aromatic rings. The molecular weight excluding hydrogens is 619 g/mol. The van der Waals surface area contributed by atoms with E-state index in [1.165, 1.54) is 77.4 Å². The number of hydrogen-bond acceptors (Lipinski definition) is 1. The van der Waals surface area contributed by atoms with Gasteiger partial charge in [0.15, 0.2) is 0 Å². The Balaban J connectivity index is 1.23. The van der Waals surface area contributed by atoms with E-state index in [2.05, 4.69) is 202 Å². The van der Waals surface area contributed by atoms with Crippen molar-refractivity contribution < 1.29 is 0 Å². The van der Waals surface area contributed by atoms with E-state index in [0.717, 1.165) is 5.69 Å². The first-order chi connectivity index (χ1) is 25.4. The fourth-order valence-electron chi connectivity index (χ4n) is 8.99. The average molecular weight is 652 g/mol. The van der Waals surface area contributed by atoms with E-state index in [9.17, 15) is 0 Å². The van der Waals surface area contributed by atoms with Crippen LogP contribution in [0.15, 0.2) is 188 Å². The Kier molecular flexibility index (Phi) is 6.08. The van der Waals surface area contributed by atoms with Crippen molar-refractivity contribution in [2.45, 2.75) is 12.0 Å². The van der Waals surface area contributed by atoms with E-state index in [4.69, 9.17) is 0 Å². The standard InChI is InChI=1S/C48H33N3/c1-2-16-32(17-3-1)49-45-29-15-9-23-39(45)47-46(49)31-30-38-37-22-8-14-28-44(37)51(48(38)47)43-27-13-7-21-36(43)35-20-6-12-26-42(35)50-40-24-10-4-18-33(40)34-19-5-11-25-41(34)50/h1-31,33,40H. The lowest BCUT2D eigenvalue weighted by Gasteiger charge is -2.31. The van der Waals surface area contributed by atoms with E-state index in [-0.39, 0.29) is 6.04 Å². The lowest BCUT2D eigenvalue weighted by atomic mass is 9.91. The molecule has 0 radical (unpaired) electrons. The van der Waals surface area contributed by atoms with Crippen molar-refractivity contribution in [3.63, 3.8) is 0 Å². The summed E-state index contributed by atoms with van der Waals surface area (Å²) in [6, 6.07) is 60.2. The molecular formula is C48H33N3. The minimum absolute atomic E-state index is 0.220. The lowest BCUT2D eigenvalue weighted by Crippen LogP contribution is -2.28. The predicted molar refractivity (Wildman–Crippen MR) is 214 cm³/mol. The summed E-state index contributed by atoms with van der Waals surface area (Å²) in [6.45, 7) is 0. The number of allylic oxidation sites excluding steroid dienone is 2. The van der Waals surface area contributed by atoms with Gasteiger partial charge in [-0.05, 0) is 54.1 Å². The molecule has 0 fully saturated rings. The fraction of sp³-hybridized carbons (Fsp3) is 0.0417. The van der Waals surface area contributed by atoms with E-state index in [0.29, 0.717) is 5.92 Å². The molecule has 11 rings (SSSR count). The number of fused-ring (bicyclic) bond motifs is 10. The Morgan fingerprint density at radius 1 is 0.392 bits per heavy atom. The van der Waals surface area contributed by atoms with Crippen molar-refractivity contribution in [2.75, 3.05) is 4.90 Å². The summed E-state index contributed by atoms with van der Waals surface area (Å²) in [5.74, 6) is 0.321. The van der Waals surface area contributed by atoms with Crippen LogP contribution < -0.4 is 4.90 Å². The SMILES string of the molecule is C1=CC2c3ccccc3N(c3ccccc3-c3ccccc3-n3c4ccccc4c4ccc5c(c6ccccc6n5-c5ccccc5)c43)C2C=C1. The summed E-state index contributed by atoms with van der Waals surface area (Å²) in [5, 5.41) is 5.03. The van der Waals surface area contributed by atoms with E-state index in [1.807, 2.05) is 0 Å². The minimum Gasteiger partial charge on any atom is -0.333 e. The molecule has 2 unspecified atom stereocenters. The number of aromatic nitrogens is 2. The number of hydrogen-bond donors (Lipinski definition) is 0. The molecule has 2 aromatic heterocycles. The molecule has 0 spiro atoms. The third-order valence-corrected chi connectivity index (χ3v) is 11.0. The van der Waals surface area contributed by atoms with Gasteiger partial charge >= 0.3 is 0 Å². The van der Waals surface area contributed by atoms with Crippen molar-refractivity contribution >= 4 is 55.0 Å². The highest BCUT2D eigenvalue weighted by Crippen LogP contribution is 2.51. The zero-order valence-electron chi connectivity index (χ0n) is 27.9. The molecule has 0 saturated heterocycles. The summed E-state index contributed by atoms with van der Waals surface area (Å²) >= 11 is 0. The second-order valence-corrected chi connectivity index (χ2v) is 13.6. The third-order valence-electron chi connectivity index (χ3n) is 11.0. The van der Waals surface area contributed by atoms with Gasteiger partial charge in [-0.25, -0.2) is 0 Å². The summed E-state index contributed by atoms with van der Waals surface area (Å²) in [6.07, 6.45) is 9.11. The van der Waals surface area contributed by atoms with Gasteiger partial charge in [-0.1, -0.05) is 140 Å². The largest absolute Gasteiger partial charge is 0.333 e. The highest BCUT2D eigenvalue weighted by Gasteiger charge is 2.38. The summed E-state index contributed by atoms with van der Waals surface area (Å²) in [7, 11) is 0. The van der Waals surface area contributed by atoms with E-state index in [1.54, 1.807) is 0 Å². The molecule has 0 saturated carbocycles.